The fourth-order valence-corrected chi connectivity index (χ4v) is 3.36. The number of carboxylic acids is 1. The third kappa shape index (κ3) is 5.41. The van der Waals surface area contributed by atoms with E-state index in [0.717, 1.165) is 22.3 Å². The van der Waals surface area contributed by atoms with E-state index in [-0.39, 0.29) is 0 Å². The van der Waals surface area contributed by atoms with Crippen LogP contribution in [0.25, 0.3) is 11.1 Å². The van der Waals surface area contributed by atoms with Crippen LogP contribution in [0, 0.1) is 11.3 Å². The molecule has 6 nitrogen and oxygen atoms in total. The largest absolute Gasteiger partial charge is 0.496 e. The standard InChI is InChI=1S/C25H24N2O4/c1-30-22-4-3-5-23(31-2)24(22)20-12-10-17(11-13-20)14-21(25(28)29)27-16-19-8-6-18(15-26)7-9-19/h3-13,21,27H,14,16H2,1-2H3,(H,28,29)/t21-/m0/s1. The summed E-state index contributed by atoms with van der Waals surface area (Å²) in [6, 6.07) is 21.7. The summed E-state index contributed by atoms with van der Waals surface area (Å²) in [5.74, 6) is 0.503. The Bertz CT molecular complexity index is 1050. The van der Waals surface area contributed by atoms with Gasteiger partial charge in [-0.15, -0.1) is 0 Å². The molecule has 2 N–H and O–H groups in total. The van der Waals surface area contributed by atoms with Crippen LogP contribution >= 0.6 is 0 Å². The van der Waals surface area contributed by atoms with E-state index in [2.05, 4.69) is 11.4 Å². The molecule has 1 atom stereocenters. The minimum absolute atomic E-state index is 0.342. The summed E-state index contributed by atoms with van der Waals surface area (Å²) >= 11 is 0. The van der Waals surface area contributed by atoms with E-state index in [1.807, 2.05) is 54.6 Å². The number of nitriles is 1. The topological polar surface area (TPSA) is 91.6 Å². The van der Waals surface area contributed by atoms with Crippen LogP contribution in [0.2, 0.25) is 0 Å². The van der Waals surface area contributed by atoms with E-state index in [1.165, 1.54) is 0 Å². The molecule has 3 aromatic carbocycles. The molecule has 0 aliphatic carbocycles. The normalized spacial score (nSPS) is 11.4. The molecule has 3 aromatic rings. The maximum atomic E-state index is 11.7. The third-order valence-corrected chi connectivity index (χ3v) is 5.04. The Balaban J connectivity index is 1.72. The lowest BCUT2D eigenvalue weighted by Gasteiger charge is -2.16. The van der Waals surface area contributed by atoms with E-state index < -0.39 is 12.0 Å². The van der Waals surface area contributed by atoms with Crippen LogP contribution in [0.3, 0.4) is 0 Å². The number of hydrogen-bond donors (Lipinski definition) is 2. The third-order valence-electron chi connectivity index (χ3n) is 5.04. The predicted molar refractivity (Wildman–Crippen MR) is 118 cm³/mol. The number of aliphatic carboxylic acids is 1. The number of carboxylic acid groups (broad SMARTS) is 1. The molecule has 0 heterocycles. The van der Waals surface area contributed by atoms with Crippen LogP contribution in [-0.4, -0.2) is 31.3 Å². The summed E-state index contributed by atoms with van der Waals surface area (Å²) in [7, 11) is 3.23. The van der Waals surface area contributed by atoms with Crippen LogP contribution in [0.1, 0.15) is 16.7 Å². The Morgan fingerprint density at radius 2 is 1.55 bits per heavy atom. The fraction of sp³-hybridized carbons (Fsp3) is 0.200. The van der Waals surface area contributed by atoms with Crippen LogP contribution in [0.5, 0.6) is 11.5 Å². The summed E-state index contributed by atoms with van der Waals surface area (Å²) in [6.07, 6.45) is 0.342. The average Bonchev–Trinajstić information content (AvgIpc) is 2.81. The van der Waals surface area contributed by atoms with Gasteiger partial charge in [0.25, 0.3) is 0 Å². The summed E-state index contributed by atoms with van der Waals surface area (Å²) in [6.45, 7) is 0.402. The molecule has 0 spiro atoms. The summed E-state index contributed by atoms with van der Waals surface area (Å²) < 4.78 is 10.9. The van der Waals surface area contributed by atoms with Gasteiger partial charge in [0.1, 0.15) is 17.5 Å². The van der Waals surface area contributed by atoms with E-state index in [1.54, 1.807) is 26.4 Å². The van der Waals surface area contributed by atoms with Crippen molar-refractivity contribution in [3.63, 3.8) is 0 Å². The number of methoxy groups -OCH3 is 2. The van der Waals surface area contributed by atoms with Gasteiger partial charge in [-0.3, -0.25) is 4.79 Å². The van der Waals surface area contributed by atoms with Gasteiger partial charge < -0.3 is 19.9 Å². The van der Waals surface area contributed by atoms with Crippen molar-refractivity contribution in [1.82, 2.24) is 5.32 Å². The Labute approximate surface area is 181 Å². The van der Waals surface area contributed by atoms with Gasteiger partial charge in [-0.25, -0.2) is 0 Å². The van der Waals surface area contributed by atoms with Crippen molar-refractivity contribution in [1.29, 1.82) is 5.26 Å². The molecule has 0 saturated carbocycles. The predicted octanol–water partition coefficient (Wildman–Crippen LogP) is 4.03. The summed E-state index contributed by atoms with van der Waals surface area (Å²) in [4.78, 5) is 11.7. The van der Waals surface area contributed by atoms with E-state index >= 15 is 0 Å². The zero-order chi connectivity index (χ0) is 22.2. The lowest BCUT2D eigenvalue weighted by atomic mass is 9.99. The van der Waals surface area contributed by atoms with Gasteiger partial charge in [-0.2, -0.15) is 5.26 Å². The smallest absolute Gasteiger partial charge is 0.321 e. The Kier molecular flexibility index (Phi) is 7.26. The Hall–Kier alpha value is -3.82. The van der Waals surface area contributed by atoms with Crippen molar-refractivity contribution >= 4 is 5.97 Å². The molecule has 0 aliphatic heterocycles. The molecule has 0 bridgehead atoms. The van der Waals surface area contributed by atoms with Crippen LogP contribution in [-0.2, 0) is 17.8 Å². The first-order valence-corrected chi connectivity index (χ1v) is 9.81. The van der Waals surface area contributed by atoms with Crippen molar-refractivity contribution < 1.29 is 19.4 Å². The van der Waals surface area contributed by atoms with Gasteiger partial charge in [0, 0.05) is 6.54 Å². The molecular weight excluding hydrogens is 392 g/mol. The number of rotatable bonds is 9. The highest BCUT2D eigenvalue weighted by Gasteiger charge is 2.18. The second kappa shape index (κ2) is 10.3. The quantitative estimate of drug-likeness (QED) is 0.547. The number of benzene rings is 3. The molecule has 0 radical (unpaired) electrons. The molecule has 0 unspecified atom stereocenters. The van der Waals surface area contributed by atoms with Crippen molar-refractivity contribution in [2.45, 2.75) is 19.0 Å². The van der Waals surface area contributed by atoms with Crippen molar-refractivity contribution in [3.8, 4) is 28.7 Å². The molecule has 31 heavy (non-hydrogen) atoms. The molecular formula is C25H24N2O4. The van der Waals surface area contributed by atoms with Gasteiger partial charge in [0.05, 0.1) is 31.4 Å². The molecule has 3 rings (SSSR count). The average molecular weight is 416 g/mol. The van der Waals surface area contributed by atoms with Crippen molar-refractivity contribution in [3.05, 3.63) is 83.4 Å². The maximum absolute atomic E-state index is 11.7. The molecule has 0 aliphatic rings. The van der Waals surface area contributed by atoms with E-state index in [4.69, 9.17) is 14.7 Å². The van der Waals surface area contributed by atoms with E-state index in [9.17, 15) is 9.90 Å². The monoisotopic (exact) mass is 416 g/mol. The first-order valence-electron chi connectivity index (χ1n) is 9.81. The number of nitrogens with one attached hydrogen (secondary N) is 1. The molecule has 6 heteroatoms. The van der Waals surface area contributed by atoms with E-state index in [0.29, 0.717) is 30.0 Å². The first-order chi connectivity index (χ1) is 15.0. The van der Waals surface area contributed by atoms with Crippen LogP contribution in [0.15, 0.2) is 66.7 Å². The van der Waals surface area contributed by atoms with Crippen molar-refractivity contribution in [2.75, 3.05) is 14.2 Å². The number of hydrogen-bond acceptors (Lipinski definition) is 5. The van der Waals surface area contributed by atoms with Gasteiger partial charge in [0.15, 0.2) is 0 Å². The molecule has 0 saturated heterocycles. The van der Waals surface area contributed by atoms with Crippen LogP contribution in [0.4, 0.5) is 0 Å². The van der Waals surface area contributed by atoms with Gasteiger partial charge in [-0.05, 0) is 47.4 Å². The van der Waals surface area contributed by atoms with Crippen molar-refractivity contribution in [2.24, 2.45) is 0 Å². The molecule has 158 valence electrons. The molecule has 0 aromatic heterocycles. The fourth-order valence-electron chi connectivity index (χ4n) is 3.36. The number of ether oxygens (including phenoxy) is 2. The lowest BCUT2D eigenvalue weighted by molar-refractivity contribution is -0.139. The maximum Gasteiger partial charge on any atom is 0.321 e. The highest BCUT2D eigenvalue weighted by atomic mass is 16.5. The highest BCUT2D eigenvalue weighted by Crippen LogP contribution is 2.38. The summed E-state index contributed by atoms with van der Waals surface area (Å²) in [5.41, 5.74) is 4.18. The highest BCUT2D eigenvalue weighted by molar-refractivity contribution is 5.77. The molecule has 0 fully saturated rings. The first kappa shape index (κ1) is 21.9. The lowest BCUT2D eigenvalue weighted by Crippen LogP contribution is -2.38. The SMILES string of the molecule is COc1cccc(OC)c1-c1ccc(C[C@H](NCc2ccc(C#N)cc2)C(=O)O)cc1. The Morgan fingerprint density at radius 1 is 0.968 bits per heavy atom. The molecule has 0 amide bonds. The van der Waals surface area contributed by atoms with Gasteiger partial charge in [-0.1, -0.05) is 42.5 Å². The minimum atomic E-state index is -0.913. The minimum Gasteiger partial charge on any atom is -0.496 e. The number of carbonyl (C=O) groups is 1. The van der Waals surface area contributed by atoms with Gasteiger partial charge >= 0.3 is 5.97 Å². The van der Waals surface area contributed by atoms with Gasteiger partial charge in [0.2, 0.25) is 0 Å². The summed E-state index contributed by atoms with van der Waals surface area (Å²) in [5, 5.41) is 21.6. The second-order valence-corrected chi connectivity index (χ2v) is 7.02. The zero-order valence-corrected chi connectivity index (χ0v) is 17.5. The Morgan fingerprint density at radius 3 is 2.06 bits per heavy atom. The second-order valence-electron chi connectivity index (χ2n) is 7.02. The zero-order valence-electron chi connectivity index (χ0n) is 17.5. The van der Waals surface area contributed by atoms with Crippen LogP contribution < -0.4 is 14.8 Å². The number of nitrogens with zero attached hydrogens (tertiary/aromatic N) is 1.